The van der Waals surface area contributed by atoms with Crippen LogP contribution < -0.4 is 25.8 Å². The average Bonchev–Trinajstić information content (AvgIpc) is 1.02. The van der Waals surface area contributed by atoms with Gasteiger partial charge in [0.1, 0.15) is 29.3 Å². The predicted octanol–water partition coefficient (Wildman–Crippen LogP) is 10.4. The molecule has 10 rings (SSSR count). The van der Waals surface area contributed by atoms with Gasteiger partial charge in [-0.1, -0.05) is 69.9 Å². The molecular weight excluding hydrogens is 1160 g/mol. The van der Waals surface area contributed by atoms with E-state index >= 15 is 0 Å². The van der Waals surface area contributed by atoms with Crippen molar-refractivity contribution in [1.82, 2.24) is 44.5 Å². The summed E-state index contributed by atoms with van der Waals surface area (Å²) in [5.41, 5.74) is 8.25. The van der Waals surface area contributed by atoms with Crippen molar-refractivity contribution in [3.8, 4) is 16.2 Å². The number of likely N-dealkylation sites (tertiary alicyclic amines) is 1. The number of carbonyl (C=O) groups is 4. The van der Waals surface area contributed by atoms with Crippen LogP contribution in [0.4, 0.5) is 17.5 Å². The molecule has 90 heavy (non-hydrogen) atoms. The monoisotopic (exact) mass is 1250 g/mol. The first-order valence-corrected chi connectivity index (χ1v) is 33.7. The number of nitrogens with one attached hydrogen (secondary N) is 2. The smallest absolute Gasteiger partial charge is 0.263 e. The standard InChI is InChI=1S/C69H91N11O9S/c1-46(2)62(79-43-52-20-10-13-23-56(52)66(79)84)68(86)78-44-55(82)39-58(78)65(83)71-40-51-25-24-50(63-48(4)73-45-90-63)38-59(51)89-37-19-9-18-36-88-35-17-8-16-34-87-33-15-7-6-14-28-76-29-31-77(32-30-76)54-26-27-60(70-41-54)74-69-72-42-57-47(3)61(49(5)81)67(85)80(64(57)75-69)53-21-11-12-22-53/h10,13,20,23-27,38,41-42,45-46,53,55,58,62,82H,6-9,11-12,14-19,21-22,28-37,39-40,43-44H2,1-5H3,(H,71,83)(H,70,72,74,75)/t55-,58+,62+/m1/s1. The average molecular weight is 1250 g/mol. The van der Waals surface area contributed by atoms with E-state index in [1.165, 1.54) is 31.1 Å². The van der Waals surface area contributed by atoms with Crippen molar-refractivity contribution in [2.75, 3.05) is 82.5 Å². The number of anilines is 3. The number of carbonyl (C=O) groups excluding carboxylic acids is 4. The van der Waals surface area contributed by atoms with Crippen LogP contribution in [0, 0.1) is 19.8 Å². The van der Waals surface area contributed by atoms with Crippen LogP contribution in [0.3, 0.4) is 0 Å². The number of pyridine rings is 2. The van der Waals surface area contributed by atoms with E-state index in [0.29, 0.717) is 54.0 Å². The molecule has 2 aromatic carbocycles. The topological polar surface area (TPSA) is 227 Å². The van der Waals surface area contributed by atoms with Crippen molar-refractivity contribution in [1.29, 1.82) is 0 Å². The maximum Gasteiger partial charge on any atom is 0.263 e. The number of aliphatic hydroxyl groups excluding tert-OH is 1. The second-order valence-corrected chi connectivity index (χ2v) is 25.9. The maximum absolute atomic E-state index is 14.3. The predicted molar refractivity (Wildman–Crippen MR) is 351 cm³/mol. The maximum atomic E-state index is 14.3. The van der Waals surface area contributed by atoms with Gasteiger partial charge in [0.2, 0.25) is 17.8 Å². The van der Waals surface area contributed by atoms with Crippen LogP contribution in [-0.2, 0) is 32.2 Å². The van der Waals surface area contributed by atoms with Gasteiger partial charge in [0.05, 0.1) is 46.2 Å². The van der Waals surface area contributed by atoms with E-state index in [1.54, 1.807) is 40.0 Å². The molecule has 2 saturated heterocycles. The van der Waals surface area contributed by atoms with Crippen molar-refractivity contribution in [2.45, 2.75) is 168 Å². The van der Waals surface area contributed by atoms with E-state index in [2.05, 4.69) is 36.5 Å². The highest BCUT2D eigenvalue weighted by molar-refractivity contribution is 7.13. The molecular formula is C69H91N11O9S. The Morgan fingerprint density at radius 1 is 0.800 bits per heavy atom. The summed E-state index contributed by atoms with van der Waals surface area (Å²) in [6.45, 7) is 18.2. The normalized spacial score (nSPS) is 17.5. The summed E-state index contributed by atoms with van der Waals surface area (Å²) in [6.07, 6.45) is 17.3. The molecule has 20 nitrogen and oxygen atoms in total. The number of unbranched alkanes of at least 4 members (excludes halogenated alkanes) is 7. The van der Waals surface area contributed by atoms with Crippen molar-refractivity contribution >= 4 is 63.3 Å². The number of benzene rings is 2. The minimum absolute atomic E-state index is 0.0181. The third-order valence-electron chi connectivity index (χ3n) is 18.2. The van der Waals surface area contributed by atoms with Gasteiger partial charge in [0, 0.05) is 107 Å². The lowest BCUT2D eigenvalue weighted by Gasteiger charge is -2.36. The molecule has 21 heteroatoms. The Balaban J connectivity index is 0.554. The molecule has 4 aliphatic rings. The highest BCUT2D eigenvalue weighted by atomic mass is 32.1. The first kappa shape index (κ1) is 65.8. The fourth-order valence-electron chi connectivity index (χ4n) is 13.3. The molecule has 0 unspecified atom stereocenters. The molecule has 7 heterocycles. The SMILES string of the molecule is CC(=O)c1c(C)c2cnc(Nc3ccc(N4CCN(CCCCCCOCCCCCOCCCCCOc5cc(-c6scnc6C)ccc5CNC(=O)[C@@H]5C[C@@H](O)CN5C(=O)[C@H](C(C)C)N5Cc6ccccc6C5=O)CC4)cn3)nc2n(C2CCCC2)c1=O. The van der Waals surface area contributed by atoms with Crippen LogP contribution in [0.25, 0.3) is 21.5 Å². The Labute approximate surface area is 533 Å². The fourth-order valence-corrected chi connectivity index (χ4v) is 14.1. The number of aliphatic hydroxyl groups is 1. The number of ketones is 1. The molecule has 4 aromatic heterocycles. The first-order valence-electron chi connectivity index (χ1n) is 32.8. The Bertz CT molecular complexity index is 3470. The third kappa shape index (κ3) is 16.3. The highest BCUT2D eigenvalue weighted by Crippen LogP contribution is 2.35. The molecule has 1 saturated carbocycles. The zero-order valence-corrected chi connectivity index (χ0v) is 54.1. The molecule has 0 spiro atoms. The Kier molecular flexibility index (Phi) is 23.2. The van der Waals surface area contributed by atoms with E-state index < -0.39 is 18.2 Å². The number of Topliss-reactive ketones (excluding diaryl/α,β-unsaturated/α-hetero) is 1. The van der Waals surface area contributed by atoms with Gasteiger partial charge in [-0.15, -0.1) is 11.3 Å². The van der Waals surface area contributed by atoms with E-state index in [1.807, 2.05) is 74.9 Å². The number of piperazine rings is 1. The van der Waals surface area contributed by atoms with Crippen LogP contribution in [0.15, 0.2) is 77.3 Å². The second kappa shape index (κ2) is 31.7. The van der Waals surface area contributed by atoms with E-state index in [0.717, 1.165) is 162 Å². The van der Waals surface area contributed by atoms with Gasteiger partial charge >= 0.3 is 0 Å². The van der Waals surface area contributed by atoms with Gasteiger partial charge in [0.15, 0.2) is 5.78 Å². The quantitative estimate of drug-likeness (QED) is 0.0264. The van der Waals surface area contributed by atoms with Gasteiger partial charge in [-0.05, 0) is 138 Å². The summed E-state index contributed by atoms with van der Waals surface area (Å²) in [7, 11) is 0. The first-order chi connectivity index (χ1) is 43.7. The molecule has 3 atom stereocenters. The van der Waals surface area contributed by atoms with Gasteiger partial charge in [-0.2, -0.15) is 4.98 Å². The lowest BCUT2D eigenvalue weighted by Crippen LogP contribution is -2.55. The number of aromatic nitrogens is 5. The molecule has 0 radical (unpaired) electrons. The van der Waals surface area contributed by atoms with Crippen molar-refractivity contribution in [3.05, 3.63) is 116 Å². The number of amides is 3. The van der Waals surface area contributed by atoms with Crippen LogP contribution in [0.5, 0.6) is 5.75 Å². The number of ether oxygens (including phenoxy) is 3. The van der Waals surface area contributed by atoms with E-state index in [4.69, 9.17) is 24.2 Å². The summed E-state index contributed by atoms with van der Waals surface area (Å²) in [4.78, 5) is 95.5. The van der Waals surface area contributed by atoms with Crippen LogP contribution >= 0.6 is 11.3 Å². The number of nitrogens with zero attached hydrogens (tertiary/aromatic N) is 9. The largest absolute Gasteiger partial charge is 0.493 e. The Morgan fingerprint density at radius 2 is 1.50 bits per heavy atom. The molecule has 482 valence electrons. The highest BCUT2D eigenvalue weighted by Gasteiger charge is 2.46. The number of aryl methyl sites for hydroxylation is 2. The minimum atomic E-state index is -0.883. The van der Waals surface area contributed by atoms with Crippen molar-refractivity contribution in [2.24, 2.45) is 5.92 Å². The van der Waals surface area contributed by atoms with Crippen molar-refractivity contribution in [3.63, 3.8) is 0 Å². The number of thiazole rings is 1. The summed E-state index contributed by atoms with van der Waals surface area (Å²) in [5.74, 6) is 0.323. The number of rotatable bonds is 32. The minimum Gasteiger partial charge on any atom is -0.493 e. The number of β-amino-alcohol motifs (C(OH)–C–C–N with tert-alkyl or cyclic N) is 1. The van der Waals surface area contributed by atoms with E-state index in [9.17, 15) is 29.1 Å². The molecule has 3 amide bonds. The van der Waals surface area contributed by atoms with Gasteiger partial charge < -0.3 is 44.7 Å². The number of fused-ring (bicyclic) bond motifs is 2. The van der Waals surface area contributed by atoms with Crippen LogP contribution in [0.2, 0.25) is 0 Å². The lowest BCUT2D eigenvalue weighted by atomic mass is 10.0. The number of hydrogen-bond acceptors (Lipinski definition) is 17. The molecule has 3 aliphatic heterocycles. The fraction of sp³-hybridized carbons (Fsp3) is 0.551. The Morgan fingerprint density at radius 3 is 2.17 bits per heavy atom. The van der Waals surface area contributed by atoms with Crippen molar-refractivity contribution < 1.29 is 38.5 Å². The molecule has 0 bridgehead atoms. The van der Waals surface area contributed by atoms with Gasteiger partial charge in [0.25, 0.3) is 11.5 Å². The van der Waals surface area contributed by atoms with Crippen LogP contribution in [-0.4, -0.2) is 158 Å². The van der Waals surface area contributed by atoms with E-state index in [-0.39, 0.29) is 66.1 Å². The lowest BCUT2D eigenvalue weighted by molar-refractivity contribution is -0.143. The second-order valence-electron chi connectivity index (χ2n) is 25.0. The van der Waals surface area contributed by atoms with Crippen LogP contribution in [0.1, 0.15) is 166 Å². The molecule has 3 fully saturated rings. The van der Waals surface area contributed by atoms with Gasteiger partial charge in [-0.3, -0.25) is 33.4 Å². The van der Waals surface area contributed by atoms with Gasteiger partial charge in [-0.25, -0.2) is 15.0 Å². The summed E-state index contributed by atoms with van der Waals surface area (Å²) in [5, 5.41) is 17.8. The summed E-state index contributed by atoms with van der Waals surface area (Å²) in [6, 6.07) is 15.8. The zero-order chi connectivity index (χ0) is 63.1. The molecule has 6 aromatic rings. The zero-order valence-electron chi connectivity index (χ0n) is 53.3. The summed E-state index contributed by atoms with van der Waals surface area (Å²) >= 11 is 1.57. The molecule has 3 N–H and O–H groups in total. The Hall–Kier alpha value is -7.17. The third-order valence-corrected chi connectivity index (χ3v) is 19.2. The molecule has 1 aliphatic carbocycles. The number of hydrogen-bond donors (Lipinski definition) is 3. The summed E-state index contributed by atoms with van der Waals surface area (Å²) < 4.78 is 20.1.